The molecule has 2 aromatic rings. The van der Waals surface area contributed by atoms with Gasteiger partial charge < -0.3 is 14.2 Å². The zero-order chi connectivity index (χ0) is 21.7. The fourth-order valence-electron chi connectivity index (χ4n) is 3.07. The molecule has 6 heteroatoms. The Kier molecular flexibility index (Phi) is 10.5. The minimum absolute atomic E-state index is 0. The SMILES string of the molecule is Cc1cccc(C)c1C(=O)Pc1c(OC(C)C)cc(OC(C)C)cc1OC(C)C.[LiH]. The van der Waals surface area contributed by atoms with Crippen LogP contribution in [-0.2, 0) is 0 Å². The summed E-state index contributed by atoms with van der Waals surface area (Å²) in [6.07, 6.45) is -0.0385. The van der Waals surface area contributed by atoms with Gasteiger partial charge in [0.05, 0.1) is 23.6 Å². The predicted molar refractivity (Wildman–Crippen MR) is 129 cm³/mol. The molecule has 160 valence electrons. The molecule has 2 rings (SSSR count). The number of hydrogen-bond acceptors (Lipinski definition) is 4. The van der Waals surface area contributed by atoms with Gasteiger partial charge in [0, 0.05) is 17.7 Å². The van der Waals surface area contributed by atoms with Crippen molar-refractivity contribution < 1.29 is 19.0 Å². The van der Waals surface area contributed by atoms with E-state index in [0.717, 1.165) is 22.0 Å². The van der Waals surface area contributed by atoms with E-state index in [1.54, 1.807) is 0 Å². The Morgan fingerprint density at radius 1 is 0.800 bits per heavy atom. The van der Waals surface area contributed by atoms with Crippen LogP contribution in [0, 0.1) is 13.8 Å². The van der Waals surface area contributed by atoms with Gasteiger partial charge in [0.15, 0.2) is 5.52 Å². The van der Waals surface area contributed by atoms with Gasteiger partial charge in [0.1, 0.15) is 17.2 Å². The van der Waals surface area contributed by atoms with E-state index in [2.05, 4.69) is 0 Å². The molecule has 0 N–H and O–H groups in total. The second-order valence-corrected chi connectivity index (χ2v) is 9.22. The van der Waals surface area contributed by atoms with Crippen molar-refractivity contribution in [2.24, 2.45) is 0 Å². The first kappa shape index (κ1) is 26.6. The van der Waals surface area contributed by atoms with Gasteiger partial charge in [-0.25, -0.2) is 0 Å². The van der Waals surface area contributed by atoms with Crippen LogP contribution in [-0.4, -0.2) is 42.7 Å². The van der Waals surface area contributed by atoms with Gasteiger partial charge in [0.25, 0.3) is 0 Å². The van der Waals surface area contributed by atoms with E-state index in [1.807, 2.05) is 85.7 Å². The van der Waals surface area contributed by atoms with Crippen LogP contribution in [0.2, 0.25) is 0 Å². The second-order valence-electron chi connectivity index (χ2n) is 8.02. The van der Waals surface area contributed by atoms with Crippen LogP contribution < -0.4 is 19.5 Å². The maximum absolute atomic E-state index is 13.3. The Balaban J connectivity index is 0.00000450. The number of benzene rings is 2. The molecule has 30 heavy (non-hydrogen) atoms. The summed E-state index contributed by atoms with van der Waals surface area (Å²) in [6.45, 7) is 15.8. The Labute approximate surface area is 195 Å². The third-order valence-electron chi connectivity index (χ3n) is 4.08. The predicted octanol–water partition coefficient (Wildman–Crippen LogP) is 5.16. The number of rotatable bonds is 9. The number of hydrogen-bond donors (Lipinski definition) is 0. The van der Waals surface area contributed by atoms with Gasteiger partial charge in [-0.2, -0.15) is 0 Å². The molecule has 0 fully saturated rings. The van der Waals surface area contributed by atoms with E-state index in [1.165, 1.54) is 0 Å². The number of carbonyl (C=O) groups is 1. The summed E-state index contributed by atoms with van der Waals surface area (Å²) < 4.78 is 18.1. The number of aryl methyl sites for hydroxylation is 2. The second kappa shape index (κ2) is 11.8. The molecule has 0 radical (unpaired) electrons. The Morgan fingerprint density at radius 3 is 1.63 bits per heavy atom. The van der Waals surface area contributed by atoms with Crippen LogP contribution in [0.15, 0.2) is 30.3 Å². The van der Waals surface area contributed by atoms with E-state index in [-0.39, 0.29) is 51.3 Å². The average molecular weight is 424 g/mol. The molecule has 0 saturated carbocycles. The van der Waals surface area contributed by atoms with Gasteiger partial charge in [0.2, 0.25) is 0 Å². The van der Waals surface area contributed by atoms with E-state index in [0.29, 0.717) is 17.2 Å². The summed E-state index contributed by atoms with van der Waals surface area (Å²) in [6, 6.07) is 9.66. The van der Waals surface area contributed by atoms with Crippen LogP contribution in [0.25, 0.3) is 0 Å². The van der Waals surface area contributed by atoms with Crippen LogP contribution in [0.5, 0.6) is 17.2 Å². The summed E-state index contributed by atoms with van der Waals surface area (Å²) in [5.74, 6) is 1.97. The van der Waals surface area contributed by atoms with Gasteiger partial charge >= 0.3 is 18.9 Å². The standard InChI is InChI=1S/C24H33O4P.Li.H/c1-14(2)26-19-12-20(27-15(3)4)23(21(13-19)28-16(5)6)29-24(25)22-17(7)10-9-11-18(22)8;;/h9-16,29H,1-8H3;;. The zero-order valence-corrected chi connectivity index (χ0v) is 19.8. The molecule has 1 atom stereocenters. The van der Waals surface area contributed by atoms with Gasteiger partial charge in [-0.1, -0.05) is 18.2 Å². The molecule has 0 amide bonds. The summed E-state index contributed by atoms with van der Waals surface area (Å²) >= 11 is 0. The van der Waals surface area contributed by atoms with E-state index in [9.17, 15) is 4.79 Å². The summed E-state index contributed by atoms with van der Waals surface area (Å²) in [5.41, 5.74) is 2.83. The van der Waals surface area contributed by atoms with Crippen LogP contribution in [0.3, 0.4) is 0 Å². The minimum atomic E-state index is -0.107. The van der Waals surface area contributed by atoms with Crippen LogP contribution >= 0.6 is 8.58 Å². The van der Waals surface area contributed by atoms with Crippen LogP contribution in [0.1, 0.15) is 63.0 Å². The van der Waals surface area contributed by atoms with Crippen molar-refractivity contribution >= 4 is 38.3 Å². The molecule has 0 bridgehead atoms. The molecule has 1 unspecified atom stereocenters. The van der Waals surface area contributed by atoms with Crippen molar-refractivity contribution in [1.29, 1.82) is 0 Å². The van der Waals surface area contributed by atoms with Crippen molar-refractivity contribution in [2.45, 2.75) is 73.7 Å². The zero-order valence-electron chi connectivity index (χ0n) is 18.8. The van der Waals surface area contributed by atoms with E-state index < -0.39 is 0 Å². The topological polar surface area (TPSA) is 44.8 Å². The Bertz CT molecular complexity index is 811. The van der Waals surface area contributed by atoms with Crippen molar-refractivity contribution in [3.63, 3.8) is 0 Å². The number of carbonyl (C=O) groups excluding carboxylic acids is 1. The van der Waals surface area contributed by atoms with E-state index in [4.69, 9.17) is 14.2 Å². The molecule has 0 spiro atoms. The molecule has 2 aromatic carbocycles. The van der Waals surface area contributed by atoms with Gasteiger partial charge in [-0.05, 0) is 75.1 Å². The van der Waals surface area contributed by atoms with Gasteiger partial charge in [-0.15, -0.1) is 0 Å². The van der Waals surface area contributed by atoms with Crippen molar-refractivity contribution in [2.75, 3.05) is 0 Å². The molecule has 0 aliphatic carbocycles. The third kappa shape index (κ3) is 7.35. The first-order chi connectivity index (χ1) is 13.6. The first-order valence-corrected chi connectivity index (χ1v) is 11.1. The summed E-state index contributed by atoms with van der Waals surface area (Å²) in [5, 5.41) is 0.788. The van der Waals surface area contributed by atoms with Crippen molar-refractivity contribution in [3.05, 3.63) is 47.0 Å². The quantitative estimate of drug-likeness (QED) is 0.412. The van der Waals surface area contributed by atoms with E-state index >= 15 is 0 Å². The maximum atomic E-state index is 13.3. The van der Waals surface area contributed by atoms with Crippen molar-refractivity contribution in [3.8, 4) is 17.2 Å². The molecule has 0 aliphatic heterocycles. The normalized spacial score (nSPS) is 11.3. The summed E-state index contributed by atoms with van der Waals surface area (Å²) in [4.78, 5) is 13.3. The third-order valence-corrected chi connectivity index (χ3v) is 5.30. The first-order valence-electron chi connectivity index (χ1n) is 10.1. The fourth-order valence-corrected chi connectivity index (χ4v) is 4.33. The molecule has 4 nitrogen and oxygen atoms in total. The Morgan fingerprint density at radius 2 is 1.23 bits per heavy atom. The van der Waals surface area contributed by atoms with Crippen molar-refractivity contribution in [1.82, 2.24) is 0 Å². The van der Waals surface area contributed by atoms with Crippen LogP contribution in [0.4, 0.5) is 0 Å². The number of ether oxygens (including phenoxy) is 3. The molecule has 0 heterocycles. The summed E-state index contributed by atoms with van der Waals surface area (Å²) in [7, 11) is -0.107. The monoisotopic (exact) mass is 424 g/mol. The molecule has 0 aliphatic rings. The molecular formula is C24H34LiO4P. The van der Waals surface area contributed by atoms with Gasteiger partial charge in [-0.3, -0.25) is 4.79 Å². The molecule has 0 aromatic heterocycles. The molecular weight excluding hydrogens is 390 g/mol. The fraction of sp³-hybridized carbons (Fsp3) is 0.458. The average Bonchev–Trinajstić information content (AvgIpc) is 2.56. The Hall–Kier alpha value is -1.46. The molecule has 0 saturated heterocycles.